The summed E-state index contributed by atoms with van der Waals surface area (Å²) in [5.41, 5.74) is -0.755. The summed E-state index contributed by atoms with van der Waals surface area (Å²) in [6.07, 6.45) is 4.50. The minimum atomic E-state index is -0.755. The molecule has 3 rings (SSSR count). The minimum absolute atomic E-state index is 0.275. The maximum absolute atomic E-state index is 11.7. The number of methoxy groups -OCH3 is 1. The fourth-order valence-electron chi connectivity index (χ4n) is 1.75. The quantitative estimate of drug-likeness (QED) is 0.737. The van der Waals surface area contributed by atoms with E-state index in [1.54, 1.807) is 18.5 Å². The second-order valence-corrected chi connectivity index (χ2v) is 4.07. The lowest BCUT2D eigenvalue weighted by atomic mass is 10.1. The molecule has 7 heteroatoms. The largest absolute Gasteiger partial charge is 0.468 e. The first-order valence-electron chi connectivity index (χ1n) is 5.46. The van der Waals surface area contributed by atoms with Crippen molar-refractivity contribution in [1.29, 1.82) is 0 Å². The van der Waals surface area contributed by atoms with Gasteiger partial charge in [0.15, 0.2) is 0 Å². The standard InChI is InChI=1S/C11H10N4O3/c1-17-10(16)11(3-4-11)9-14-8(15-18-9)7-12-5-2-6-13-7/h2,5-6H,3-4H2,1H3. The lowest BCUT2D eigenvalue weighted by Gasteiger charge is -2.05. The Kier molecular flexibility index (Phi) is 2.32. The van der Waals surface area contributed by atoms with Gasteiger partial charge in [0.1, 0.15) is 5.41 Å². The Labute approximate surface area is 102 Å². The van der Waals surface area contributed by atoms with Gasteiger partial charge in [-0.15, -0.1) is 0 Å². The summed E-state index contributed by atoms with van der Waals surface area (Å²) in [5.74, 6) is 0.581. The van der Waals surface area contributed by atoms with Crippen molar-refractivity contribution in [2.24, 2.45) is 0 Å². The maximum atomic E-state index is 11.7. The average Bonchev–Trinajstić information content (AvgIpc) is 3.09. The SMILES string of the molecule is COC(=O)C1(c2nc(-c3ncccn3)no2)CC1. The molecule has 0 aliphatic heterocycles. The molecule has 7 nitrogen and oxygen atoms in total. The van der Waals surface area contributed by atoms with Gasteiger partial charge in [-0.25, -0.2) is 9.97 Å². The Morgan fingerprint density at radius 1 is 1.33 bits per heavy atom. The van der Waals surface area contributed by atoms with E-state index in [-0.39, 0.29) is 17.7 Å². The highest BCUT2D eigenvalue weighted by molar-refractivity contribution is 5.85. The molecule has 0 N–H and O–H groups in total. The fourth-order valence-corrected chi connectivity index (χ4v) is 1.75. The first-order valence-corrected chi connectivity index (χ1v) is 5.46. The van der Waals surface area contributed by atoms with Crippen LogP contribution in [0.3, 0.4) is 0 Å². The summed E-state index contributed by atoms with van der Waals surface area (Å²) in [6.45, 7) is 0. The Balaban J connectivity index is 1.94. The van der Waals surface area contributed by atoms with Crippen LogP contribution in [-0.4, -0.2) is 33.2 Å². The highest BCUT2D eigenvalue weighted by Crippen LogP contribution is 2.48. The molecule has 0 bridgehead atoms. The summed E-state index contributed by atoms with van der Waals surface area (Å²) in [6, 6.07) is 1.70. The van der Waals surface area contributed by atoms with Gasteiger partial charge >= 0.3 is 5.97 Å². The number of ether oxygens (including phenoxy) is 1. The molecule has 18 heavy (non-hydrogen) atoms. The van der Waals surface area contributed by atoms with Crippen molar-refractivity contribution in [3.8, 4) is 11.6 Å². The van der Waals surface area contributed by atoms with Crippen molar-refractivity contribution in [3.63, 3.8) is 0 Å². The Morgan fingerprint density at radius 2 is 2.06 bits per heavy atom. The zero-order valence-corrected chi connectivity index (χ0v) is 9.66. The number of nitrogens with zero attached hydrogens (tertiary/aromatic N) is 4. The summed E-state index contributed by atoms with van der Waals surface area (Å²) in [5, 5.41) is 3.79. The first kappa shape index (κ1) is 10.8. The molecule has 0 radical (unpaired) electrons. The van der Waals surface area contributed by atoms with Crippen LogP contribution in [0.2, 0.25) is 0 Å². The molecule has 1 aliphatic rings. The maximum Gasteiger partial charge on any atom is 0.321 e. The third-order valence-corrected chi connectivity index (χ3v) is 2.93. The average molecular weight is 246 g/mol. The van der Waals surface area contributed by atoms with Gasteiger partial charge in [-0.05, 0) is 18.9 Å². The number of hydrogen-bond donors (Lipinski definition) is 0. The number of hydrogen-bond acceptors (Lipinski definition) is 7. The van der Waals surface area contributed by atoms with Crippen LogP contribution in [0.4, 0.5) is 0 Å². The molecule has 1 fully saturated rings. The normalized spacial score (nSPS) is 16.3. The first-order chi connectivity index (χ1) is 8.76. The van der Waals surface area contributed by atoms with Crippen molar-refractivity contribution in [1.82, 2.24) is 20.1 Å². The molecule has 0 atom stereocenters. The van der Waals surface area contributed by atoms with E-state index in [1.807, 2.05) is 0 Å². The summed E-state index contributed by atoms with van der Waals surface area (Å²) in [4.78, 5) is 23.9. The molecule has 2 heterocycles. The molecule has 0 saturated heterocycles. The van der Waals surface area contributed by atoms with E-state index in [2.05, 4.69) is 20.1 Å². The van der Waals surface area contributed by atoms with Crippen LogP contribution >= 0.6 is 0 Å². The zero-order chi connectivity index (χ0) is 12.6. The van der Waals surface area contributed by atoms with Crippen LogP contribution in [-0.2, 0) is 14.9 Å². The third-order valence-electron chi connectivity index (χ3n) is 2.93. The highest BCUT2D eigenvalue weighted by Gasteiger charge is 2.57. The molecule has 2 aromatic rings. The van der Waals surface area contributed by atoms with E-state index < -0.39 is 5.41 Å². The number of esters is 1. The third kappa shape index (κ3) is 1.55. The van der Waals surface area contributed by atoms with E-state index in [4.69, 9.17) is 9.26 Å². The molecular formula is C11H10N4O3. The molecule has 0 aromatic carbocycles. The lowest BCUT2D eigenvalue weighted by Crippen LogP contribution is -2.22. The van der Waals surface area contributed by atoms with Gasteiger partial charge in [-0.3, -0.25) is 4.79 Å². The fraction of sp³-hybridized carbons (Fsp3) is 0.364. The van der Waals surface area contributed by atoms with E-state index >= 15 is 0 Å². The number of aromatic nitrogens is 4. The van der Waals surface area contributed by atoms with E-state index in [9.17, 15) is 4.79 Å². The van der Waals surface area contributed by atoms with Crippen LogP contribution in [0.5, 0.6) is 0 Å². The summed E-state index contributed by atoms with van der Waals surface area (Å²) < 4.78 is 9.88. The van der Waals surface area contributed by atoms with Gasteiger partial charge in [0, 0.05) is 12.4 Å². The second kappa shape index (κ2) is 3.86. The van der Waals surface area contributed by atoms with Crippen molar-refractivity contribution in [2.45, 2.75) is 18.3 Å². The Hall–Kier alpha value is -2.31. The number of carbonyl (C=O) groups is 1. The molecule has 0 unspecified atom stereocenters. The van der Waals surface area contributed by atoms with Gasteiger partial charge in [0.2, 0.25) is 17.5 Å². The van der Waals surface area contributed by atoms with Crippen molar-refractivity contribution < 1.29 is 14.1 Å². The molecule has 2 aromatic heterocycles. The van der Waals surface area contributed by atoms with Crippen LogP contribution in [0.15, 0.2) is 23.0 Å². The highest BCUT2D eigenvalue weighted by atomic mass is 16.5. The predicted molar refractivity (Wildman–Crippen MR) is 58.3 cm³/mol. The van der Waals surface area contributed by atoms with Gasteiger partial charge in [-0.1, -0.05) is 5.16 Å². The number of rotatable bonds is 3. The van der Waals surface area contributed by atoms with E-state index in [1.165, 1.54) is 7.11 Å². The Morgan fingerprint density at radius 3 is 2.67 bits per heavy atom. The predicted octanol–water partition coefficient (Wildman–Crippen LogP) is 0.731. The van der Waals surface area contributed by atoms with Crippen molar-refractivity contribution >= 4 is 5.97 Å². The monoisotopic (exact) mass is 246 g/mol. The van der Waals surface area contributed by atoms with Gasteiger partial charge in [0.05, 0.1) is 7.11 Å². The second-order valence-electron chi connectivity index (χ2n) is 4.07. The summed E-state index contributed by atoms with van der Waals surface area (Å²) in [7, 11) is 1.35. The van der Waals surface area contributed by atoms with Gasteiger partial charge < -0.3 is 9.26 Å². The minimum Gasteiger partial charge on any atom is -0.468 e. The smallest absolute Gasteiger partial charge is 0.321 e. The van der Waals surface area contributed by atoms with E-state index in [0.29, 0.717) is 18.7 Å². The summed E-state index contributed by atoms with van der Waals surface area (Å²) >= 11 is 0. The molecule has 1 aliphatic carbocycles. The Bertz CT molecular complexity index is 577. The molecule has 1 saturated carbocycles. The molecular weight excluding hydrogens is 236 g/mol. The zero-order valence-electron chi connectivity index (χ0n) is 9.66. The van der Waals surface area contributed by atoms with Crippen LogP contribution in [0.1, 0.15) is 18.7 Å². The van der Waals surface area contributed by atoms with Crippen LogP contribution in [0.25, 0.3) is 11.6 Å². The van der Waals surface area contributed by atoms with Crippen molar-refractivity contribution in [3.05, 3.63) is 24.4 Å². The molecule has 0 amide bonds. The van der Waals surface area contributed by atoms with Crippen LogP contribution in [0, 0.1) is 0 Å². The van der Waals surface area contributed by atoms with Gasteiger partial charge in [-0.2, -0.15) is 4.98 Å². The van der Waals surface area contributed by atoms with Gasteiger partial charge in [0.25, 0.3) is 0 Å². The molecule has 0 spiro atoms. The molecule has 92 valence electrons. The van der Waals surface area contributed by atoms with E-state index in [0.717, 1.165) is 0 Å². The lowest BCUT2D eigenvalue weighted by molar-refractivity contribution is -0.144. The topological polar surface area (TPSA) is 91.0 Å². The van der Waals surface area contributed by atoms with Crippen LogP contribution < -0.4 is 0 Å². The number of carbonyl (C=O) groups excluding carboxylic acids is 1. The van der Waals surface area contributed by atoms with Crippen molar-refractivity contribution in [2.75, 3.05) is 7.11 Å².